The van der Waals surface area contributed by atoms with Crippen LogP contribution in [0.4, 0.5) is 5.95 Å². The van der Waals surface area contributed by atoms with Crippen molar-refractivity contribution in [2.75, 3.05) is 19.0 Å². The van der Waals surface area contributed by atoms with Gasteiger partial charge in [-0.15, -0.1) is 0 Å². The molecular formula is C12H17N7O2. The molecule has 9 nitrogen and oxygen atoms in total. The monoisotopic (exact) mass is 291 g/mol. The molecule has 0 saturated carbocycles. The molecule has 0 aliphatic carbocycles. The molecule has 1 aliphatic heterocycles. The van der Waals surface area contributed by atoms with Gasteiger partial charge in [-0.1, -0.05) is 5.10 Å². The number of amides is 1. The van der Waals surface area contributed by atoms with Gasteiger partial charge in [0.15, 0.2) is 0 Å². The van der Waals surface area contributed by atoms with Crippen molar-refractivity contribution in [3.05, 3.63) is 17.7 Å². The van der Waals surface area contributed by atoms with E-state index in [2.05, 4.69) is 25.8 Å². The topological polar surface area (TPSA) is 99.8 Å². The van der Waals surface area contributed by atoms with Crippen LogP contribution in [0.5, 0.6) is 0 Å². The smallest absolute Gasteiger partial charge is 0.276 e. The maximum atomic E-state index is 12.4. The van der Waals surface area contributed by atoms with E-state index in [0.29, 0.717) is 24.8 Å². The molecule has 3 rings (SSSR count). The second-order valence-electron chi connectivity index (χ2n) is 4.84. The average molecular weight is 291 g/mol. The molecule has 112 valence electrons. The van der Waals surface area contributed by atoms with Gasteiger partial charge in [0.05, 0.1) is 19.3 Å². The Balaban J connectivity index is 1.75. The number of hydrogen-bond donors (Lipinski definition) is 1. The molecule has 9 heteroatoms. The number of imidazole rings is 1. The number of hydrogen-bond acceptors (Lipinski definition) is 6. The lowest BCUT2D eigenvalue weighted by Crippen LogP contribution is -2.22. The minimum atomic E-state index is -0.246. The van der Waals surface area contributed by atoms with E-state index in [1.165, 1.54) is 4.68 Å². The van der Waals surface area contributed by atoms with Crippen molar-refractivity contribution in [2.24, 2.45) is 0 Å². The minimum Gasteiger partial charge on any atom is -0.383 e. The van der Waals surface area contributed by atoms with Gasteiger partial charge in [0.2, 0.25) is 5.95 Å². The van der Waals surface area contributed by atoms with Gasteiger partial charge >= 0.3 is 0 Å². The van der Waals surface area contributed by atoms with Crippen molar-refractivity contribution in [1.82, 2.24) is 29.8 Å². The van der Waals surface area contributed by atoms with Crippen LogP contribution in [0.25, 0.3) is 0 Å². The van der Waals surface area contributed by atoms with Crippen LogP contribution in [0.3, 0.4) is 0 Å². The Morgan fingerprint density at radius 1 is 1.48 bits per heavy atom. The molecule has 1 amide bonds. The molecule has 0 fully saturated rings. The van der Waals surface area contributed by atoms with Crippen LogP contribution in [0.1, 0.15) is 29.2 Å². The molecule has 2 aromatic heterocycles. The Morgan fingerprint density at radius 2 is 2.38 bits per heavy atom. The molecule has 0 radical (unpaired) electrons. The average Bonchev–Trinajstić information content (AvgIpc) is 3.11. The van der Waals surface area contributed by atoms with Gasteiger partial charge in [0, 0.05) is 20.1 Å². The molecule has 0 atom stereocenters. The zero-order valence-electron chi connectivity index (χ0n) is 11.8. The van der Waals surface area contributed by atoms with Crippen LogP contribution in [0.2, 0.25) is 0 Å². The summed E-state index contributed by atoms with van der Waals surface area (Å²) in [5.74, 6) is 1.03. The number of fused-ring (bicyclic) bond motifs is 1. The summed E-state index contributed by atoms with van der Waals surface area (Å²) in [5, 5.41) is 13.9. The molecular weight excluding hydrogens is 274 g/mol. The molecule has 1 aliphatic rings. The van der Waals surface area contributed by atoms with E-state index in [4.69, 9.17) is 4.74 Å². The third-order valence-corrected chi connectivity index (χ3v) is 3.47. The standard InChI is InChI=1S/C12H17N7O2/c1-21-7-6-19-12(15-16-17-19)14-11(20)9-8-13-10-4-2-3-5-18(9)10/h8H,2-7H2,1H3,(H,14,15,17,20). The first-order valence-electron chi connectivity index (χ1n) is 6.90. The van der Waals surface area contributed by atoms with Gasteiger partial charge in [-0.2, -0.15) is 0 Å². The van der Waals surface area contributed by atoms with Crippen LogP contribution in [-0.2, 0) is 24.2 Å². The normalized spacial score (nSPS) is 14.0. The van der Waals surface area contributed by atoms with Crippen LogP contribution in [0.15, 0.2) is 6.20 Å². The third-order valence-electron chi connectivity index (χ3n) is 3.47. The van der Waals surface area contributed by atoms with Crippen molar-refractivity contribution in [3.63, 3.8) is 0 Å². The number of carbonyl (C=O) groups is 1. The molecule has 0 bridgehead atoms. The highest BCUT2D eigenvalue weighted by atomic mass is 16.5. The van der Waals surface area contributed by atoms with Crippen molar-refractivity contribution in [1.29, 1.82) is 0 Å². The molecule has 0 aromatic carbocycles. The Hall–Kier alpha value is -2.29. The molecule has 1 N–H and O–H groups in total. The first kappa shape index (κ1) is 13.7. The molecule has 0 unspecified atom stereocenters. The summed E-state index contributed by atoms with van der Waals surface area (Å²) in [6.07, 6.45) is 4.71. The summed E-state index contributed by atoms with van der Waals surface area (Å²) in [6, 6.07) is 0. The first-order chi connectivity index (χ1) is 10.3. The summed E-state index contributed by atoms with van der Waals surface area (Å²) in [4.78, 5) is 16.7. The van der Waals surface area contributed by atoms with E-state index in [0.717, 1.165) is 31.6 Å². The summed E-state index contributed by atoms with van der Waals surface area (Å²) in [7, 11) is 1.60. The van der Waals surface area contributed by atoms with Gasteiger partial charge in [0.1, 0.15) is 11.5 Å². The van der Waals surface area contributed by atoms with E-state index in [9.17, 15) is 4.79 Å². The number of nitrogens with one attached hydrogen (secondary N) is 1. The lowest BCUT2D eigenvalue weighted by atomic mass is 10.1. The van der Waals surface area contributed by atoms with Crippen molar-refractivity contribution >= 4 is 11.9 Å². The lowest BCUT2D eigenvalue weighted by molar-refractivity contribution is 0.101. The van der Waals surface area contributed by atoms with Crippen molar-refractivity contribution < 1.29 is 9.53 Å². The molecule has 0 saturated heterocycles. The predicted octanol–water partition coefficient (Wildman–Crippen LogP) is 0.105. The Morgan fingerprint density at radius 3 is 3.24 bits per heavy atom. The van der Waals surface area contributed by atoms with Crippen LogP contribution in [0, 0.1) is 0 Å². The Kier molecular flexibility index (Phi) is 3.91. The van der Waals surface area contributed by atoms with Gasteiger partial charge < -0.3 is 9.30 Å². The zero-order chi connectivity index (χ0) is 14.7. The van der Waals surface area contributed by atoms with Gasteiger partial charge in [-0.3, -0.25) is 10.1 Å². The second kappa shape index (κ2) is 6.00. The largest absolute Gasteiger partial charge is 0.383 e. The number of ether oxygens (including phenoxy) is 1. The number of rotatable bonds is 5. The number of aryl methyl sites for hydroxylation is 1. The second-order valence-corrected chi connectivity index (χ2v) is 4.84. The van der Waals surface area contributed by atoms with E-state index in [1.54, 1.807) is 13.3 Å². The fourth-order valence-corrected chi connectivity index (χ4v) is 2.39. The Bertz CT molecular complexity index is 633. The van der Waals surface area contributed by atoms with Crippen LogP contribution in [-0.4, -0.2) is 49.4 Å². The lowest BCUT2D eigenvalue weighted by Gasteiger charge is -2.15. The summed E-state index contributed by atoms with van der Waals surface area (Å²) in [5.41, 5.74) is 0.547. The highest BCUT2D eigenvalue weighted by Gasteiger charge is 2.20. The number of anilines is 1. The molecule has 0 spiro atoms. The van der Waals surface area contributed by atoms with Crippen LogP contribution < -0.4 is 5.32 Å². The Labute approximate surface area is 121 Å². The minimum absolute atomic E-state index is 0.246. The van der Waals surface area contributed by atoms with Gasteiger partial charge in [-0.05, 0) is 23.3 Å². The van der Waals surface area contributed by atoms with Gasteiger partial charge in [-0.25, -0.2) is 9.67 Å². The zero-order valence-corrected chi connectivity index (χ0v) is 11.8. The maximum Gasteiger partial charge on any atom is 0.276 e. The van der Waals surface area contributed by atoms with E-state index >= 15 is 0 Å². The maximum absolute atomic E-state index is 12.4. The highest BCUT2D eigenvalue weighted by molar-refractivity contribution is 6.02. The number of tetrazole rings is 1. The first-order valence-corrected chi connectivity index (χ1v) is 6.90. The van der Waals surface area contributed by atoms with E-state index in [1.807, 2.05) is 4.57 Å². The predicted molar refractivity (Wildman–Crippen MR) is 72.8 cm³/mol. The highest BCUT2D eigenvalue weighted by Crippen LogP contribution is 2.16. The number of carbonyl (C=O) groups excluding carboxylic acids is 1. The fourth-order valence-electron chi connectivity index (χ4n) is 2.39. The molecule has 3 heterocycles. The quantitative estimate of drug-likeness (QED) is 0.839. The van der Waals surface area contributed by atoms with E-state index < -0.39 is 0 Å². The number of aromatic nitrogens is 6. The van der Waals surface area contributed by atoms with E-state index in [-0.39, 0.29) is 5.91 Å². The van der Waals surface area contributed by atoms with Gasteiger partial charge in [0.25, 0.3) is 5.91 Å². The summed E-state index contributed by atoms with van der Waals surface area (Å²) in [6.45, 7) is 1.77. The number of methoxy groups -OCH3 is 1. The van der Waals surface area contributed by atoms with Crippen molar-refractivity contribution in [2.45, 2.75) is 32.4 Å². The van der Waals surface area contributed by atoms with Crippen molar-refractivity contribution in [3.8, 4) is 0 Å². The summed E-state index contributed by atoms with van der Waals surface area (Å²) < 4.78 is 8.43. The molecule has 21 heavy (non-hydrogen) atoms. The third kappa shape index (κ3) is 2.77. The number of nitrogens with zero attached hydrogens (tertiary/aromatic N) is 6. The summed E-state index contributed by atoms with van der Waals surface area (Å²) >= 11 is 0. The fraction of sp³-hybridized carbons (Fsp3) is 0.583. The van der Waals surface area contributed by atoms with Crippen LogP contribution >= 0.6 is 0 Å². The SMILES string of the molecule is COCCn1nnnc1NC(=O)c1cnc2n1CCCC2. The molecule has 2 aromatic rings.